The van der Waals surface area contributed by atoms with Crippen molar-refractivity contribution in [3.8, 4) is 0 Å². The van der Waals surface area contributed by atoms with E-state index in [2.05, 4.69) is 10.2 Å². The summed E-state index contributed by atoms with van der Waals surface area (Å²) in [6.45, 7) is 5.03. The van der Waals surface area contributed by atoms with Gasteiger partial charge in [0, 0.05) is 30.7 Å². The summed E-state index contributed by atoms with van der Waals surface area (Å²) in [5, 5.41) is 3.14. The lowest BCUT2D eigenvalue weighted by atomic mass is 9.88. The lowest BCUT2D eigenvalue weighted by Gasteiger charge is -2.42. The van der Waals surface area contributed by atoms with Crippen LogP contribution in [0.3, 0.4) is 0 Å². The number of benzene rings is 1. The number of amides is 1. The molecular weight excluding hydrogens is 369 g/mol. The van der Waals surface area contributed by atoms with Crippen molar-refractivity contribution in [3.05, 3.63) is 34.9 Å². The van der Waals surface area contributed by atoms with Gasteiger partial charge >= 0.3 is 6.18 Å². The Morgan fingerprint density at radius 3 is 2.61 bits per heavy atom. The molecule has 2 aliphatic rings. The van der Waals surface area contributed by atoms with Gasteiger partial charge in [0.2, 0.25) is 0 Å². The van der Waals surface area contributed by atoms with E-state index in [0.29, 0.717) is 37.2 Å². The van der Waals surface area contributed by atoms with E-state index < -0.39 is 11.7 Å². The Morgan fingerprint density at radius 2 is 1.93 bits per heavy atom. The molecule has 1 aliphatic heterocycles. The van der Waals surface area contributed by atoms with Crippen LogP contribution < -0.4 is 5.32 Å². The normalized spacial score (nSPS) is 24.1. The van der Waals surface area contributed by atoms with Crippen molar-refractivity contribution in [1.82, 2.24) is 10.2 Å². The van der Waals surface area contributed by atoms with Gasteiger partial charge < -0.3 is 10.1 Å². The number of aryl methyl sites for hydroxylation is 1. The summed E-state index contributed by atoms with van der Waals surface area (Å²) >= 11 is 0. The Morgan fingerprint density at radius 1 is 1.21 bits per heavy atom. The molecule has 1 aromatic carbocycles. The van der Waals surface area contributed by atoms with E-state index in [1.165, 1.54) is 6.07 Å². The smallest absolute Gasteiger partial charge is 0.379 e. The molecule has 7 heteroatoms. The Balaban J connectivity index is 1.76. The molecule has 2 atom stereocenters. The van der Waals surface area contributed by atoms with E-state index in [1.807, 2.05) is 6.92 Å². The molecule has 1 saturated carbocycles. The molecule has 2 unspecified atom stereocenters. The van der Waals surface area contributed by atoms with Gasteiger partial charge in [-0.2, -0.15) is 13.2 Å². The zero-order valence-electron chi connectivity index (χ0n) is 16.4. The van der Waals surface area contributed by atoms with Crippen molar-refractivity contribution in [2.24, 2.45) is 0 Å². The van der Waals surface area contributed by atoms with Crippen LogP contribution in [0.25, 0.3) is 0 Å². The first kappa shape index (κ1) is 21.1. The van der Waals surface area contributed by atoms with E-state index in [0.717, 1.165) is 50.9 Å². The number of nitrogens with one attached hydrogen (secondary N) is 1. The first-order valence-corrected chi connectivity index (χ1v) is 10.2. The molecule has 1 saturated heterocycles. The third-order valence-electron chi connectivity index (χ3n) is 5.76. The van der Waals surface area contributed by atoms with Gasteiger partial charge in [0.1, 0.15) is 0 Å². The van der Waals surface area contributed by atoms with Gasteiger partial charge in [0.25, 0.3) is 5.91 Å². The average Bonchev–Trinajstić information content (AvgIpc) is 2.68. The van der Waals surface area contributed by atoms with Gasteiger partial charge in [-0.25, -0.2) is 0 Å². The van der Waals surface area contributed by atoms with Gasteiger partial charge in [-0.15, -0.1) is 0 Å². The summed E-state index contributed by atoms with van der Waals surface area (Å²) in [7, 11) is 0. The summed E-state index contributed by atoms with van der Waals surface area (Å²) in [5.41, 5.74) is 0.131. The lowest BCUT2D eigenvalue weighted by molar-refractivity contribution is -0.137. The zero-order chi connectivity index (χ0) is 20.1. The monoisotopic (exact) mass is 398 g/mol. The fourth-order valence-corrected chi connectivity index (χ4v) is 4.34. The second-order valence-corrected chi connectivity index (χ2v) is 7.70. The van der Waals surface area contributed by atoms with Gasteiger partial charge in [-0.3, -0.25) is 9.69 Å². The highest BCUT2D eigenvalue weighted by Crippen LogP contribution is 2.31. The van der Waals surface area contributed by atoms with Crippen LogP contribution in [0, 0.1) is 0 Å². The van der Waals surface area contributed by atoms with Crippen molar-refractivity contribution >= 4 is 5.91 Å². The number of carbonyl (C=O) groups excluding carboxylic acids is 1. The average molecular weight is 398 g/mol. The first-order chi connectivity index (χ1) is 13.4. The molecule has 1 aliphatic carbocycles. The van der Waals surface area contributed by atoms with Crippen molar-refractivity contribution < 1.29 is 22.7 Å². The van der Waals surface area contributed by atoms with Crippen LogP contribution in [-0.2, 0) is 17.3 Å². The zero-order valence-corrected chi connectivity index (χ0v) is 16.4. The molecule has 156 valence electrons. The Hall–Kier alpha value is -1.60. The van der Waals surface area contributed by atoms with Crippen LogP contribution in [0.5, 0.6) is 0 Å². The quantitative estimate of drug-likeness (QED) is 0.814. The predicted molar refractivity (Wildman–Crippen MR) is 101 cm³/mol. The largest absolute Gasteiger partial charge is 0.416 e. The fraction of sp³-hybridized carbons (Fsp3) is 0.667. The van der Waals surface area contributed by atoms with E-state index in [1.54, 1.807) is 0 Å². The predicted octanol–water partition coefficient (Wildman–Crippen LogP) is 4.03. The molecule has 28 heavy (non-hydrogen) atoms. The number of hydrogen-bond donors (Lipinski definition) is 1. The molecular formula is C21H29F3N2O2. The highest BCUT2D eigenvalue weighted by molar-refractivity contribution is 5.96. The SMILES string of the molecule is CCCc1cc(C(F)(F)F)ccc1C(=O)NC1CCCCC1N1CCOCC1. The molecule has 2 fully saturated rings. The second-order valence-electron chi connectivity index (χ2n) is 7.70. The molecule has 1 amide bonds. The van der Waals surface area contributed by atoms with Crippen LogP contribution >= 0.6 is 0 Å². The van der Waals surface area contributed by atoms with E-state index >= 15 is 0 Å². The maximum absolute atomic E-state index is 13.1. The summed E-state index contributed by atoms with van der Waals surface area (Å²) in [6.07, 6.45) is 0.849. The molecule has 1 N–H and O–H groups in total. The minimum atomic E-state index is -4.40. The fourth-order valence-electron chi connectivity index (χ4n) is 4.34. The molecule has 1 heterocycles. The van der Waals surface area contributed by atoms with Crippen LogP contribution in [0.1, 0.15) is 60.5 Å². The minimum absolute atomic E-state index is 0.0242. The third kappa shape index (κ3) is 5.06. The highest BCUT2D eigenvalue weighted by Gasteiger charge is 2.34. The van der Waals surface area contributed by atoms with E-state index in [4.69, 9.17) is 4.74 Å². The lowest BCUT2D eigenvalue weighted by Crippen LogP contribution is -2.56. The second kappa shape index (κ2) is 9.27. The first-order valence-electron chi connectivity index (χ1n) is 10.2. The topological polar surface area (TPSA) is 41.6 Å². The number of rotatable bonds is 5. The molecule has 0 spiro atoms. The summed E-state index contributed by atoms with van der Waals surface area (Å²) in [6, 6.07) is 3.75. The standard InChI is InChI=1S/C21H29F3N2O2/c1-2-5-15-14-16(21(22,23)24)8-9-17(15)20(27)25-18-6-3-4-7-19(18)26-10-12-28-13-11-26/h8-9,14,18-19H,2-7,10-13H2,1H3,(H,25,27). The Labute approximate surface area is 164 Å². The van der Waals surface area contributed by atoms with E-state index in [9.17, 15) is 18.0 Å². The molecule has 0 radical (unpaired) electrons. The number of alkyl halides is 3. The number of carbonyl (C=O) groups is 1. The number of morpholine rings is 1. The molecule has 0 bridgehead atoms. The van der Waals surface area contributed by atoms with Crippen molar-refractivity contribution in [2.45, 2.75) is 63.7 Å². The van der Waals surface area contributed by atoms with Gasteiger partial charge in [0.05, 0.1) is 18.8 Å². The molecule has 3 rings (SSSR count). The van der Waals surface area contributed by atoms with Crippen molar-refractivity contribution in [2.75, 3.05) is 26.3 Å². The number of halogens is 3. The number of hydrogen-bond acceptors (Lipinski definition) is 3. The third-order valence-corrected chi connectivity index (χ3v) is 5.76. The van der Waals surface area contributed by atoms with Gasteiger partial charge in [-0.1, -0.05) is 26.2 Å². The molecule has 0 aromatic heterocycles. The van der Waals surface area contributed by atoms with Crippen LogP contribution in [0.15, 0.2) is 18.2 Å². The van der Waals surface area contributed by atoms with Gasteiger partial charge in [-0.05, 0) is 43.0 Å². The van der Waals surface area contributed by atoms with E-state index in [-0.39, 0.29) is 18.0 Å². The minimum Gasteiger partial charge on any atom is -0.379 e. The van der Waals surface area contributed by atoms with Crippen molar-refractivity contribution in [1.29, 1.82) is 0 Å². The molecule has 1 aromatic rings. The highest BCUT2D eigenvalue weighted by atomic mass is 19.4. The maximum atomic E-state index is 13.1. The van der Waals surface area contributed by atoms with Crippen molar-refractivity contribution in [3.63, 3.8) is 0 Å². The molecule has 4 nitrogen and oxygen atoms in total. The Kier molecular flexibility index (Phi) is 6.99. The Bertz CT molecular complexity index is 672. The number of nitrogens with zero attached hydrogens (tertiary/aromatic N) is 1. The summed E-state index contributed by atoms with van der Waals surface area (Å²) in [4.78, 5) is 15.3. The van der Waals surface area contributed by atoms with Crippen LogP contribution in [0.2, 0.25) is 0 Å². The maximum Gasteiger partial charge on any atom is 0.416 e. The van der Waals surface area contributed by atoms with Crippen LogP contribution in [0.4, 0.5) is 13.2 Å². The summed E-state index contributed by atoms with van der Waals surface area (Å²) < 4.78 is 44.6. The van der Waals surface area contributed by atoms with Gasteiger partial charge in [0.15, 0.2) is 0 Å². The number of ether oxygens (including phenoxy) is 1. The summed E-state index contributed by atoms with van der Waals surface area (Å²) in [5.74, 6) is -0.262. The van der Waals surface area contributed by atoms with Crippen LogP contribution in [-0.4, -0.2) is 49.2 Å².